The first-order chi connectivity index (χ1) is 16.2. The summed E-state index contributed by atoms with van der Waals surface area (Å²) in [5, 5.41) is 9.55. The van der Waals surface area contributed by atoms with Crippen LogP contribution in [-0.4, -0.2) is 31.1 Å². The molecule has 2 aromatic carbocycles. The molecule has 7 rings (SSSR count). The summed E-state index contributed by atoms with van der Waals surface area (Å²) in [6.45, 7) is 5.36. The van der Waals surface area contributed by atoms with E-state index in [9.17, 15) is 0 Å². The molecular formula is C26H24N7+. The lowest BCUT2D eigenvalue weighted by Crippen LogP contribution is -2.35. The molecule has 33 heavy (non-hydrogen) atoms. The van der Waals surface area contributed by atoms with Crippen LogP contribution < -0.4 is 9.47 Å². The lowest BCUT2D eigenvalue weighted by atomic mass is 10.1. The van der Waals surface area contributed by atoms with E-state index in [4.69, 9.17) is 4.98 Å². The maximum absolute atomic E-state index is 4.74. The Kier molecular flexibility index (Phi) is 3.86. The monoisotopic (exact) mass is 434 g/mol. The van der Waals surface area contributed by atoms with Crippen LogP contribution in [0.15, 0.2) is 61.4 Å². The second-order valence-corrected chi connectivity index (χ2v) is 9.40. The fraction of sp³-hybridized carbons (Fsp3) is 0.269. The van der Waals surface area contributed by atoms with Crippen molar-refractivity contribution in [1.29, 1.82) is 0 Å². The largest absolute Gasteiger partial charge is 0.427 e. The Morgan fingerprint density at radius 1 is 1.06 bits per heavy atom. The second-order valence-electron chi connectivity index (χ2n) is 9.40. The van der Waals surface area contributed by atoms with Crippen molar-refractivity contribution in [2.24, 2.45) is 5.92 Å². The summed E-state index contributed by atoms with van der Waals surface area (Å²) in [4.78, 5) is 11.6. The number of aryl methyl sites for hydroxylation is 1. The highest BCUT2D eigenvalue weighted by atomic mass is 15.3. The average Bonchev–Trinajstić information content (AvgIpc) is 3.21. The third kappa shape index (κ3) is 2.92. The quantitative estimate of drug-likeness (QED) is 0.398. The Morgan fingerprint density at radius 2 is 1.97 bits per heavy atom. The highest BCUT2D eigenvalue weighted by molar-refractivity contribution is 5.95. The molecule has 0 N–H and O–H groups in total. The number of benzene rings is 2. The van der Waals surface area contributed by atoms with E-state index in [0.29, 0.717) is 12.0 Å². The third-order valence-electron chi connectivity index (χ3n) is 7.11. The van der Waals surface area contributed by atoms with E-state index < -0.39 is 0 Å². The molecule has 0 amide bonds. The molecule has 0 spiro atoms. The molecule has 3 aromatic heterocycles. The molecule has 2 atom stereocenters. The van der Waals surface area contributed by atoms with Crippen LogP contribution in [0.5, 0.6) is 0 Å². The Labute approximate surface area is 191 Å². The molecule has 7 nitrogen and oxygen atoms in total. The SMILES string of the molecule is Cc1ccc2c(c1)N(c1ncnc3ccc(-c4cn5cnnc5[n+]([C@H]5CC5C)c4)cc13)CC2. The van der Waals surface area contributed by atoms with Crippen molar-refractivity contribution in [3.05, 3.63) is 72.6 Å². The minimum Gasteiger partial charge on any atom is -0.325 e. The van der Waals surface area contributed by atoms with Crippen LogP contribution in [-0.2, 0) is 6.42 Å². The smallest absolute Gasteiger partial charge is 0.325 e. The van der Waals surface area contributed by atoms with Crippen LogP contribution in [0.4, 0.5) is 11.5 Å². The molecule has 0 saturated heterocycles. The van der Waals surface area contributed by atoms with Crippen LogP contribution in [0.1, 0.15) is 30.5 Å². The van der Waals surface area contributed by atoms with Gasteiger partial charge in [0.2, 0.25) is 0 Å². The van der Waals surface area contributed by atoms with E-state index >= 15 is 0 Å². The minimum atomic E-state index is 0.486. The van der Waals surface area contributed by atoms with Gasteiger partial charge in [-0.1, -0.05) is 25.1 Å². The van der Waals surface area contributed by atoms with Crippen molar-refractivity contribution in [1.82, 2.24) is 24.6 Å². The summed E-state index contributed by atoms with van der Waals surface area (Å²) in [5.41, 5.74) is 7.13. The van der Waals surface area contributed by atoms with Crippen LogP contribution in [0.25, 0.3) is 27.8 Å². The molecule has 0 radical (unpaired) electrons. The normalized spacial score (nSPS) is 19.4. The zero-order chi connectivity index (χ0) is 22.1. The Bertz CT molecular complexity index is 1550. The van der Waals surface area contributed by atoms with E-state index in [1.165, 1.54) is 23.2 Å². The summed E-state index contributed by atoms with van der Waals surface area (Å²) in [6.07, 6.45) is 10.00. The lowest BCUT2D eigenvalue weighted by molar-refractivity contribution is -0.682. The van der Waals surface area contributed by atoms with Gasteiger partial charge in [0.1, 0.15) is 12.1 Å². The number of anilines is 2. The van der Waals surface area contributed by atoms with Gasteiger partial charge in [-0.15, -0.1) is 0 Å². The maximum Gasteiger partial charge on any atom is 0.427 e. The molecule has 162 valence electrons. The third-order valence-corrected chi connectivity index (χ3v) is 7.11. The minimum absolute atomic E-state index is 0.486. The average molecular weight is 435 g/mol. The highest BCUT2D eigenvalue weighted by Crippen LogP contribution is 2.40. The molecule has 7 heteroatoms. The first kappa shape index (κ1) is 18.7. The van der Waals surface area contributed by atoms with Gasteiger partial charge < -0.3 is 4.90 Å². The summed E-state index contributed by atoms with van der Waals surface area (Å²) < 4.78 is 4.30. The fourth-order valence-electron chi connectivity index (χ4n) is 5.13. The molecule has 1 fully saturated rings. The van der Waals surface area contributed by atoms with Gasteiger partial charge in [0.15, 0.2) is 6.33 Å². The van der Waals surface area contributed by atoms with Gasteiger partial charge in [0.25, 0.3) is 0 Å². The standard InChI is InChI=1S/C26H24N7/c1-16-3-4-18-7-8-32(24(18)9-16)25-21-11-19(5-6-22(21)27-14-28-25)20-12-31-15-29-30-26(31)33(13-20)23-10-17(23)2/h3-6,9,11-15,17,23H,7-8,10H2,1-2H3/q+1/t17?,23-/m0/s1. The van der Waals surface area contributed by atoms with E-state index in [0.717, 1.165) is 46.6 Å². The lowest BCUT2D eigenvalue weighted by Gasteiger charge is -2.20. The van der Waals surface area contributed by atoms with Crippen LogP contribution >= 0.6 is 0 Å². The van der Waals surface area contributed by atoms with Gasteiger partial charge in [-0.05, 0) is 65.7 Å². The molecule has 2 aliphatic rings. The zero-order valence-corrected chi connectivity index (χ0v) is 18.7. The van der Waals surface area contributed by atoms with Gasteiger partial charge in [-0.2, -0.15) is 4.40 Å². The van der Waals surface area contributed by atoms with Crippen LogP contribution in [0, 0.1) is 12.8 Å². The maximum atomic E-state index is 4.74. The Morgan fingerprint density at radius 3 is 2.85 bits per heavy atom. The van der Waals surface area contributed by atoms with Gasteiger partial charge in [-0.3, -0.25) is 0 Å². The molecule has 1 saturated carbocycles. The first-order valence-electron chi connectivity index (χ1n) is 11.5. The predicted molar refractivity (Wildman–Crippen MR) is 126 cm³/mol. The summed E-state index contributed by atoms with van der Waals surface area (Å²) in [5.74, 6) is 2.53. The summed E-state index contributed by atoms with van der Waals surface area (Å²) in [7, 11) is 0. The van der Waals surface area contributed by atoms with E-state index in [2.05, 4.69) is 87.3 Å². The molecular weight excluding hydrogens is 410 g/mol. The van der Waals surface area contributed by atoms with E-state index in [1.807, 2.05) is 4.40 Å². The van der Waals surface area contributed by atoms with Crippen molar-refractivity contribution in [2.75, 3.05) is 11.4 Å². The second kappa shape index (κ2) is 6.81. The fourth-order valence-corrected chi connectivity index (χ4v) is 5.13. The number of hydrogen-bond donors (Lipinski definition) is 0. The number of rotatable bonds is 3. The van der Waals surface area contributed by atoms with Crippen molar-refractivity contribution >= 4 is 28.2 Å². The summed E-state index contributed by atoms with van der Waals surface area (Å²) in [6, 6.07) is 13.7. The summed E-state index contributed by atoms with van der Waals surface area (Å²) >= 11 is 0. The van der Waals surface area contributed by atoms with Gasteiger partial charge in [0, 0.05) is 28.3 Å². The molecule has 1 unspecified atom stereocenters. The Hall–Kier alpha value is -3.87. The van der Waals surface area contributed by atoms with Crippen molar-refractivity contribution in [3.63, 3.8) is 0 Å². The molecule has 1 aliphatic carbocycles. The van der Waals surface area contributed by atoms with E-state index in [-0.39, 0.29) is 0 Å². The molecule has 1 aliphatic heterocycles. The molecule has 4 heterocycles. The van der Waals surface area contributed by atoms with Crippen molar-refractivity contribution in [2.45, 2.75) is 32.7 Å². The van der Waals surface area contributed by atoms with Crippen LogP contribution in [0.2, 0.25) is 0 Å². The number of nitrogens with zero attached hydrogens (tertiary/aromatic N) is 7. The number of fused-ring (bicyclic) bond motifs is 3. The first-order valence-corrected chi connectivity index (χ1v) is 11.5. The highest BCUT2D eigenvalue weighted by Gasteiger charge is 2.39. The zero-order valence-electron chi connectivity index (χ0n) is 18.7. The number of hydrogen-bond acceptors (Lipinski definition) is 5. The van der Waals surface area contributed by atoms with Crippen molar-refractivity contribution < 1.29 is 4.57 Å². The van der Waals surface area contributed by atoms with Crippen molar-refractivity contribution in [3.8, 4) is 11.1 Å². The van der Waals surface area contributed by atoms with Crippen LogP contribution in [0.3, 0.4) is 0 Å². The van der Waals surface area contributed by atoms with E-state index in [1.54, 1.807) is 12.7 Å². The molecule has 5 aromatic rings. The molecule has 0 bridgehead atoms. The van der Waals surface area contributed by atoms with Gasteiger partial charge in [-0.25, -0.2) is 14.5 Å². The van der Waals surface area contributed by atoms with Gasteiger partial charge >= 0.3 is 5.78 Å². The Balaban J connectivity index is 1.39. The predicted octanol–water partition coefficient (Wildman–Crippen LogP) is 4.21. The van der Waals surface area contributed by atoms with Gasteiger partial charge in [0.05, 0.1) is 24.0 Å². The topological polar surface area (TPSA) is 63.1 Å². The number of aromatic nitrogens is 6.